The van der Waals surface area contributed by atoms with Crippen LogP contribution in [-0.4, -0.2) is 47.3 Å². The van der Waals surface area contributed by atoms with Crippen molar-refractivity contribution in [3.8, 4) is 0 Å². The van der Waals surface area contributed by atoms with Gasteiger partial charge in [-0.2, -0.15) is 5.10 Å². The lowest BCUT2D eigenvalue weighted by Crippen LogP contribution is -2.43. The van der Waals surface area contributed by atoms with E-state index < -0.39 is 0 Å². The Morgan fingerprint density at radius 1 is 1.44 bits per heavy atom. The van der Waals surface area contributed by atoms with Crippen LogP contribution in [0.3, 0.4) is 0 Å². The molecule has 1 aliphatic rings. The summed E-state index contributed by atoms with van der Waals surface area (Å²) in [5.74, 6) is 0.219. The molecule has 0 spiro atoms. The predicted octanol–water partition coefficient (Wildman–Crippen LogP) is 1.06. The van der Waals surface area contributed by atoms with Crippen molar-refractivity contribution in [1.82, 2.24) is 15.1 Å². The SMILES string of the molecule is Cc1n[nH]c(C)c1CC(C)C(=O)N1CCOCC1. The van der Waals surface area contributed by atoms with Crippen molar-refractivity contribution < 1.29 is 9.53 Å². The maximum atomic E-state index is 12.3. The molecule has 2 rings (SSSR count). The van der Waals surface area contributed by atoms with Gasteiger partial charge in [0.2, 0.25) is 5.91 Å². The highest BCUT2D eigenvalue weighted by atomic mass is 16.5. The largest absolute Gasteiger partial charge is 0.378 e. The first-order valence-corrected chi connectivity index (χ1v) is 6.46. The van der Waals surface area contributed by atoms with Gasteiger partial charge in [0.05, 0.1) is 18.9 Å². The fraction of sp³-hybridized carbons (Fsp3) is 0.692. The normalized spacial score (nSPS) is 17.8. The number of aromatic nitrogens is 2. The molecule has 1 N–H and O–H groups in total. The van der Waals surface area contributed by atoms with E-state index in [-0.39, 0.29) is 11.8 Å². The van der Waals surface area contributed by atoms with Crippen LogP contribution in [0.1, 0.15) is 23.9 Å². The van der Waals surface area contributed by atoms with Crippen LogP contribution in [0.15, 0.2) is 0 Å². The van der Waals surface area contributed by atoms with E-state index in [9.17, 15) is 4.79 Å². The number of nitrogens with zero attached hydrogens (tertiary/aromatic N) is 2. The average molecular weight is 251 g/mol. The van der Waals surface area contributed by atoms with Crippen LogP contribution in [0.4, 0.5) is 0 Å². The topological polar surface area (TPSA) is 58.2 Å². The second kappa shape index (κ2) is 5.52. The van der Waals surface area contributed by atoms with E-state index in [0.717, 1.165) is 17.8 Å². The van der Waals surface area contributed by atoms with Crippen molar-refractivity contribution in [2.24, 2.45) is 5.92 Å². The monoisotopic (exact) mass is 251 g/mol. The van der Waals surface area contributed by atoms with Crippen LogP contribution in [0.2, 0.25) is 0 Å². The second-order valence-electron chi connectivity index (χ2n) is 4.96. The highest BCUT2D eigenvalue weighted by Crippen LogP contribution is 2.17. The number of hydrogen-bond donors (Lipinski definition) is 1. The molecule has 0 aromatic carbocycles. The van der Waals surface area contributed by atoms with Gasteiger partial charge < -0.3 is 9.64 Å². The van der Waals surface area contributed by atoms with E-state index in [4.69, 9.17) is 4.74 Å². The van der Waals surface area contributed by atoms with Crippen LogP contribution in [0.5, 0.6) is 0 Å². The number of ether oxygens (including phenoxy) is 1. The first-order chi connectivity index (χ1) is 8.59. The maximum absolute atomic E-state index is 12.3. The fourth-order valence-electron chi connectivity index (χ4n) is 2.36. The molecule has 5 nitrogen and oxygen atoms in total. The van der Waals surface area contributed by atoms with Gasteiger partial charge in [0.15, 0.2) is 0 Å². The van der Waals surface area contributed by atoms with Crippen molar-refractivity contribution in [3.63, 3.8) is 0 Å². The number of carbonyl (C=O) groups excluding carboxylic acids is 1. The predicted molar refractivity (Wildman–Crippen MR) is 68.3 cm³/mol. The van der Waals surface area contributed by atoms with Crippen molar-refractivity contribution in [2.75, 3.05) is 26.3 Å². The van der Waals surface area contributed by atoms with Gasteiger partial charge in [0, 0.05) is 24.7 Å². The summed E-state index contributed by atoms with van der Waals surface area (Å²) in [7, 11) is 0. The number of aromatic amines is 1. The summed E-state index contributed by atoms with van der Waals surface area (Å²) < 4.78 is 5.26. The Hall–Kier alpha value is -1.36. The summed E-state index contributed by atoms with van der Waals surface area (Å²) in [6, 6.07) is 0. The third-order valence-electron chi connectivity index (χ3n) is 3.54. The minimum Gasteiger partial charge on any atom is -0.378 e. The first kappa shape index (κ1) is 13.1. The number of carbonyl (C=O) groups is 1. The Morgan fingerprint density at radius 2 is 2.11 bits per heavy atom. The Balaban J connectivity index is 1.98. The van der Waals surface area contributed by atoms with E-state index in [1.807, 2.05) is 25.7 Å². The summed E-state index contributed by atoms with van der Waals surface area (Å²) in [5, 5.41) is 7.14. The second-order valence-corrected chi connectivity index (χ2v) is 4.96. The van der Waals surface area contributed by atoms with Crippen LogP contribution in [0.25, 0.3) is 0 Å². The Morgan fingerprint density at radius 3 is 2.67 bits per heavy atom. The zero-order chi connectivity index (χ0) is 13.1. The van der Waals surface area contributed by atoms with Crippen molar-refractivity contribution >= 4 is 5.91 Å². The van der Waals surface area contributed by atoms with Gasteiger partial charge in [-0.25, -0.2) is 0 Å². The van der Waals surface area contributed by atoms with Gasteiger partial charge in [0.25, 0.3) is 0 Å². The molecule has 0 aliphatic carbocycles. The molecule has 100 valence electrons. The number of rotatable bonds is 3. The Kier molecular flexibility index (Phi) is 4.01. The fourth-order valence-corrected chi connectivity index (χ4v) is 2.36. The van der Waals surface area contributed by atoms with Gasteiger partial charge >= 0.3 is 0 Å². The first-order valence-electron chi connectivity index (χ1n) is 6.46. The molecule has 0 radical (unpaired) electrons. The molecular weight excluding hydrogens is 230 g/mol. The number of H-pyrrole nitrogens is 1. The lowest BCUT2D eigenvalue weighted by atomic mass is 9.98. The summed E-state index contributed by atoms with van der Waals surface area (Å²) >= 11 is 0. The summed E-state index contributed by atoms with van der Waals surface area (Å²) in [6.45, 7) is 8.71. The highest BCUT2D eigenvalue weighted by molar-refractivity contribution is 5.79. The lowest BCUT2D eigenvalue weighted by molar-refractivity contribution is -0.139. The van der Waals surface area contributed by atoms with Crippen LogP contribution in [-0.2, 0) is 16.0 Å². The minimum atomic E-state index is -0.00176. The van der Waals surface area contributed by atoms with Crippen molar-refractivity contribution in [3.05, 3.63) is 17.0 Å². The molecule has 1 unspecified atom stereocenters. The van der Waals surface area contributed by atoms with Gasteiger partial charge in [0.1, 0.15) is 0 Å². The van der Waals surface area contributed by atoms with E-state index in [1.165, 1.54) is 5.56 Å². The number of amides is 1. The molecule has 5 heteroatoms. The molecule has 1 saturated heterocycles. The molecule has 1 aliphatic heterocycles. The molecule has 2 heterocycles. The summed E-state index contributed by atoms with van der Waals surface area (Å²) in [6.07, 6.45) is 0.754. The van der Waals surface area contributed by atoms with Crippen molar-refractivity contribution in [1.29, 1.82) is 0 Å². The molecular formula is C13H21N3O2. The summed E-state index contributed by atoms with van der Waals surface area (Å²) in [5.41, 5.74) is 3.23. The zero-order valence-corrected chi connectivity index (χ0v) is 11.3. The van der Waals surface area contributed by atoms with Gasteiger partial charge in [-0.05, 0) is 25.8 Å². The number of nitrogens with one attached hydrogen (secondary N) is 1. The van der Waals surface area contributed by atoms with Gasteiger partial charge in [-0.15, -0.1) is 0 Å². The minimum absolute atomic E-state index is 0.00176. The van der Waals surface area contributed by atoms with Gasteiger partial charge in [-0.1, -0.05) is 6.92 Å². The zero-order valence-electron chi connectivity index (χ0n) is 11.3. The molecule has 1 amide bonds. The quantitative estimate of drug-likeness (QED) is 0.874. The van der Waals surface area contributed by atoms with Gasteiger partial charge in [-0.3, -0.25) is 9.89 Å². The molecule has 1 aromatic rings. The third kappa shape index (κ3) is 2.72. The van der Waals surface area contributed by atoms with Crippen LogP contribution in [0, 0.1) is 19.8 Å². The maximum Gasteiger partial charge on any atom is 0.225 e. The smallest absolute Gasteiger partial charge is 0.225 e. The van der Waals surface area contributed by atoms with Crippen molar-refractivity contribution in [2.45, 2.75) is 27.2 Å². The average Bonchev–Trinajstić information content (AvgIpc) is 2.70. The lowest BCUT2D eigenvalue weighted by Gasteiger charge is -2.29. The highest BCUT2D eigenvalue weighted by Gasteiger charge is 2.23. The number of aryl methyl sites for hydroxylation is 2. The van der Waals surface area contributed by atoms with E-state index in [1.54, 1.807) is 0 Å². The number of morpholine rings is 1. The Labute approximate surface area is 108 Å². The molecule has 0 bridgehead atoms. The molecule has 1 aromatic heterocycles. The third-order valence-corrected chi connectivity index (χ3v) is 3.54. The molecule has 1 fully saturated rings. The van der Waals surface area contributed by atoms with Crippen LogP contribution >= 0.6 is 0 Å². The summed E-state index contributed by atoms with van der Waals surface area (Å²) in [4.78, 5) is 14.2. The van der Waals surface area contributed by atoms with E-state index >= 15 is 0 Å². The standard InChI is InChI=1S/C13H21N3O2/c1-9(8-12-10(2)14-15-11(12)3)13(17)16-4-6-18-7-5-16/h9H,4-8H2,1-3H3,(H,14,15). The Bertz CT molecular complexity index is 402. The molecule has 18 heavy (non-hydrogen) atoms. The molecule has 0 saturated carbocycles. The molecule has 1 atom stereocenters. The van der Waals surface area contributed by atoms with Crippen LogP contribution < -0.4 is 0 Å². The van der Waals surface area contributed by atoms with E-state index in [2.05, 4.69) is 10.2 Å². The number of hydrogen-bond acceptors (Lipinski definition) is 3. The van der Waals surface area contributed by atoms with E-state index in [0.29, 0.717) is 26.3 Å².